The molecule has 2 rings (SSSR count). The third-order valence-corrected chi connectivity index (χ3v) is 4.72. The summed E-state index contributed by atoms with van der Waals surface area (Å²) >= 11 is 5.41. The average molecular weight is 324 g/mol. The van der Waals surface area contributed by atoms with Crippen LogP contribution in [0.15, 0.2) is 40.9 Å². The third-order valence-electron chi connectivity index (χ3n) is 3.00. The van der Waals surface area contributed by atoms with Gasteiger partial charge in [0.15, 0.2) is 0 Å². The molecule has 0 aliphatic rings. The van der Waals surface area contributed by atoms with Crippen LogP contribution in [0.4, 0.5) is 0 Å². The highest BCUT2D eigenvalue weighted by Gasteiger charge is 2.06. The molecule has 0 radical (unpaired) electrons. The minimum absolute atomic E-state index is 0.370. The van der Waals surface area contributed by atoms with Crippen LogP contribution in [0.3, 0.4) is 0 Å². The Balaban J connectivity index is 1.93. The Morgan fingerprint density at radius 1 is 1.22 bits per heavy atom. The summed E-state index contributed by atoms with van der Waals surface area (Å²) in [5.41, 5.74) is 1.32. The molecule has 0 fully saturated rings. The van der Waals surface area contributed by atoms with Crippen LogP contribution in [0.1, 0.15) is 35.2 Å². The average Bonchev–Trinajstić information content (AvgIpc) is 2.84. The van der Waals surface area contributed by atoms with E-state index >= 15 is 0 Å². The van der Waals surface area contributed by atoms with Crippen molar-refractivity contribution in [3.63, 3.8) is 0 Å². The van der Waals surface area contributed by atoms with E-state index in [2.05, 4.69) is 71.5 Å². The molecule has 1 N–H and O–H groups in total. The van der Waals surface area contributed by atoms with E-state index in [-0.39, 0.29) is 0 Å². The molecule has 1 unspecified atom stereocenters. The molecule has 0 aliphatic heterocycles. The number of thiophene rings is 1. The fourth-order valence-corrected chi connectivity index (χ4v) is 3.18. The monoisotopic (exact) mass is 323 g/mol. The second-order valence-corrected chi connectivity index (χ2v) is 6.55. The first-order chi connectivity index (χ1) is 8.69. The maximum absolute atomic E-state index is 3.57. The molecule has 3 heteroatoms. The van der Waals surface area contributed by atoms with Crippen LogP contribution < -0.4 is 5.32 Å². The Labute approximate surface area is 121 Å². The zero-order valence-corrected chi connectivity index (χ0v) is 13.1. The molecule has 1 heterocycles. The van der Waals surface area contributed by atoms with Crippen LogP contribution in [0.2, 0.25) is 0 Å². The van der Waals surface area contributed by atoms with Gasteiger partial charge in [0.2, 0.25) is 0 Å². The first kappa shape index (κ1) is 13.8. The number of hydrogen-bond donors (Lipinski definition) is 1. The topological polar surface area (TPSA) is 12.0 Å². The van der Waals surface area contributed by atoms with Gasteiger partial charge in [-0.05, 0) is 43.2 Å². The Morgan fingerprint density at radius 2 is 2.00 bits per heavy atom. The van der Waals surface area contributed by atoms with Gasteiger partial charge >= 0.3 is 0 Å². The van der Waals surface area contributed by atoms with Crippen molar-refractivity contribution in [3.05, 3.63) is 56.2 Å². The van der Waals surface area contributed by atoms with E-state index in [1.165, 1.54) is 15.3 Å². The van der Waals surface area contributed by atoms with Crippen molar-refractivity contribution in [2.24, 2.45) is 0 Å². The molecule has 96 valence electrons. The van der Waals surface area contributed by atoms with Gasteiger partial charge in [-0.1, -0.05) is 35.0 Å². The van der Waals surface area contributed by atoms with E-state index in [1.807, 2.05) is 11.3 Å². The van der Waals surface area contributed by atoms with E-state index in [0.29, 0.717) is 6.04 Å². The van der Waals surface area contributed by atoms with Crippen LogP contribution in [-0.4, -0.2) is 0 Å². The fraction of sp³-hybridized carbons (Fsp3) is 0.333. The molecule has 1 atom stereocenters. The summed E-state index contributed by atoms with van der Waals surface area (Å²) in [6.07, 6.45) is 1.13. The zero-order chi connectivity index (χ0) is 13.0. The van der Waals surface area contributed by atoms with Crippen LogP contribution in [0, 0.1) is 0 Å². The van der Waals surface area contributed by atoms with Gasteiger partial charge in [-0.2, -0.15) is 0 Å². The van der Waals surface area contributed by atoms with E-state index in [9.17, 15) is 0 Å². The Morgan fingerprint density at radius 3 is 2.67 bits per heavy atom. The van der Waals surface area contributed by atoms with Crippen molar-refractivity contribution in [2.45, 2.75) is 32.9 Å². The van der Waals surface area contributed by atoms with Crippen LogP contribution in [0.5, 0.6) is 0 Å². The molecule has 18 heavy (non-hydrogen) atoms. The van der Waals surface area contributed by atoms with Gasteiger partial charge in [-0.25, -0.2) is 0 Å². The summed E-state index contributed by atoms with van der Waals surface area (Å²) in [6, 6.07) is 13.3. The Hall–Kier alpha value is -0.640. The first-order valence-corrected chi connectivity index (χ1v) is 7.86. The number of aryl methyl sites for hydroxylation is 1. The maximum atomic E-state index is 3.57. The van der Waals surface area contributed by atoms with E-state index < -0.39 is 0 Å². The van der Waals surface area contributed by atoms with Crippen LogP contribution >= 0.6 is 27.3 Å². The zero-order valence-electron chi connectivity index (χ0n) is 10.7. The summed E-state index contributed by atoms with van der Waals surface area (Å²) in [4.78, 5) is 2.87. The fourth-order valence-electron chi connectivity index (χ4n) is 1.85. The summed E-state index contributed by atoms with van der Waals surface area (Å²) in [7, 11) is 0. The Bertz CT molecular complexity index is 507. The summed E-state index contributed by atoms with van der Waals surface area (Å²) in [5, 5.41) is 3.57. The molecule has 0 spiro atoms. The molecule has 0 aliphatic carbocycles. The predicted octanol–water partition coefficient (Wildman–Crippen LogP) is 4.92. The molecule has 0 bridgehead atoms. The lowest BCUT2D eigenvalue weighted by atomic mass is 10.1. The van der Waals surface area contributed by atoms with Crippen molar-refractivity contribution in [2.75, 3.05) is 0 Å². The minimum Gasteiger partial charge on any atom is -0.305 e. The van der Waals surface area contributed by atoms with Gasteiger partial charge in [0.25, 0.3) is 0 Å². The van der Waals surface area contributed by atoms with Crippen molar-refractivity contribution in [1.29, 1.82) is 0 Å². The molecular formula is C15H18BrNS. The summed E-state index contributed by atoms with van der Waals surface area (Å²) in [6.45, 7) is 5.35. The molecule has 1 aromatic carbocycles. The van der Waals surface area contributed by atoms with Gasteiger partial charge in [0.05, 0.1) is 0 Å². The highest BCUT2D eigenvalue weighted by molar-refractivity contribution is 9.10. The lowest BCUT2D eigenvalue weighted by Crippen LogP contribution is -2.17. The van der Waals surface area contributed by atoms with Gasteiger partial charge in [0, 0.05) is 26.8 Å². The molecule has 0 amide bonds. The highest BCUT2D eigenvalue weighted by atomic mass is 79.9. The minimum atomic E-state index is 0.370. The van der Waals surface area contributed by atoms with Gasteiger partial charge in [0.1, 0.15) is 0 Å². The molecule has 0 saturated heterocycles. The molecule has 2 aromatic rings. The number of nitrogens with one attached hydrogen (secondary N) is 1. The summed E-state index contributed by atoms with van der Waals surface area (Å²) in [5.74, 6) is 0. The van der Waals surface area contributed by atoms with Crippen molar-refractivity contribution in [1.82, 2.24) is 5.32 Å². The van der Waals surface area contributed by atoms with E-state index in [1.54, 1.807) is 0 Å². The lowest BCUT2D eigenvalue weighted by Gasteiger charge is -2.13. The molecule has 0 saturated carbocycles. The second-order valence-electron chi connectivity index (χ2n) is 4.38. The largest absolute Gasteiger partial charge is 0.305 e. The molecule has 1 nitrogen and oxygen atoms in total. The van der Waals surface area contributed by atoms with Gasteiger partial charge in [-0.15, -0.1) is 11.3 Å². The number of halogens is 1. The van der Waals surface area contributed by atoms with E-state index in [0.717, 1.165) is 17.4 Å². The molecular weight excluding hydrogens is 306 g/mol. The van der Waals surface area contributed by atoms with Gasteiger partial charge in [-0.3, -0.25) is 0 Å². The van der Waals surface area contributed by atoms with Crippen molar-refractivity contribution >= 4 is 27.3 Å². The summed E-state index contributed by atoms with van der Waals surface area (Å²) < 4.78 is 1.14. The SMILES string of the molecule is CCc1ccc(CNC(C)c2cccc(Br)c2)s1. The quantitative estimate of drug-likeness (QED) is 0.823. The van der Waals surface area contributed by atoms with Crippen LogP contribution in [0.25, 0.3) is 0 Å². The number of hydrogen-bond acceptors (Lipinski definition) is 2. The van der Waals surface area contributed by atoms with Gasteiger partial charge < -0.3 is 5.32 Å². The van der Waals surface area contributed by atoms with E-state index in [4.69, 9.17) is 0 Å². The first-order valence-electron chi connectivity index (χ1n) is 6.25. The lowest BCUT2D eigenvalue weighted by molar-refractivity contribution is 0.578. The van der Waals surface area contributed by atoms with Crippen LogP contribution in [-0.2, 0) is 13.0 Å². The third kappa shape index (κ3) is 3.67. The standard InChI is InChI=1S/C15H18BrNS/c1-3-14-7-8-15(18-14)10-17-11(2)12-5-4-6-13(16)9-12/h4-9,11,17H,3,10H2,1-2H3. The molecule has 1 aromatic heterocycles. The maximum Gasteiger partial charge on any atom is 0.0305 e. The number of rotatable bonds is 5. The normalized spacial score (nSPS) is 12.6. The highest BCUT2D eigenvalue weighted by Crippen LogP contribution is 2.20. The predicted molar refractivity (Wildman–Crippen MR) is 83.1 cm³/mol. The second kappa shape index (κ2) is 6.50. The van der Waals surface area contributed by atoms with Crippen molar-refractivity contribution < 1.29 is 0 Å². The number of benzene rings is 1. The Kier molecular flexibility index (Phi) is 4.98. The van der Waals surface area contributed by atoms with Crippen molar-refractivity contribution in [3.8, 4) is 0 Å². The smallest absolute Gasteiger partial charge is 0.0305 e.